The summed E-state index contributed by atoms with van der Waals surface area (Å²) in [4.78, 5) is 70.3. The summed E-state index contributed by atoms with van der Waals surface area (Å²) in [6.45, 7) is 8.98. The van der Waals surface area contributed by atoms with Crippen LogP contribution in [0.1, 0.15) is 100 Å². The molecule has 1 N–H and O–H groups in total. The van der Waals surface area contributed by atoms with Gasteiger partial charge in [-0.1, -0.05) is 83.3 Å². The second-order valence-electron chi connectivity index (χ2n) is 19.4. The molecule has 1 aromatic heterocycles. The molecule has 2 aromatic carbocycles. The van der Waals surface area contributed by atoms with E-state index in [0.717, 1.165) is 59.8 Å². The molecule has 7 rings (SSSR count). The number of hydrogen-bond acceptors (Lipinski definition) is 12. The Bertz CT molecular complexity index is 2400. The van der Waals surface area contributed by atoms with Crippen LogP contribution >= 0.6 is 42.5 Å². The molecule has 0 radical (unpaired) electrons. The number of hydrogen-bond donors (Lipinski definition) is 1. The van der Waals surface area contributed by atoms with Crippen molar-refractivity contribution in [3.8, 4) is 6.07 Å². The lowest BCUT2D eigenvalue weighted by atomic mass is 9.87. The Balaban J connectivity index is 1.04. The first-order valence-electron chi connectivity index (χ1n) is 21.7. The Hall–Kier alpha value is -3.72. The van der Waals surface area contributed by atoms with Gasteiger partial charge in [0.2, 0.25) is 11.8 Å². The molecule has 3 saturated heterocycles. The van der Waals surface area contributed by atoms with E-state index in [1.165, 1.54) is 29.2 Å². The highest BCUT2D eigenvalue weighted by molar-refractivity contribution is 8.14. The maximum absolute atomic E-state index is 16.5. The Labute approximate surface area is 389 Å². The van der Waals surface area contributed by atoms with Crippen LogP contribution in [0.25, 0.3) is 10.1 Å². The molecule has 0 bridgehead atoms. The van der Waals surface area contributed by atoms with Gasteiger partial charge in [0.25, 0.3) is 5.91 Å². The predicted octanol–water partition coefficient (Wildman–Crippen LogP) is 9.26. The van der Waals surface area contributed by atoms with E-state index < -0.39 is 66.5 Å². The van der Waals surface area contributed by atoms with Crippen molar-refractivity contribution in [2.45, 2.75) is 103 Å². The van der Waals surface area contributed by atoms with Crippen molar-refractivity contribution in [3.63, 3.8) is 0 Å². The van der Waals surface area contributed by atoms with Crippen LogP contribution in [0.5, 0.6) is 0 Å². The third-order valence-electron chi connectivity index (χ3n) is 12.4. The molecule has 0 unspecified atom stereocenters. The fourth-order valence-electron chi connectivity index (χ4n) is 8.53. The zero-order chi connectivity index (χ0) is 47.3. The van der Waals surface area contributed by atoms with E-state index in [1.54, 1.807) is 58.6 Å². The summed E-state index contributed by atoms with van der Waals surface area (Å²) in [5, 5.41) is 11.9. The highest BCUT2D eigenvalue weighted by Crippen LogP contribution is 2.67. The summed E-state index contributed by atoms with van der Waals surface area (Å²) in [6, 6.07) is 11.2. The van der Waals surface area contributed by atoms with Gasteiger partial charge in [-0.15, -0.1) is 11.3 Å². The highest BCUT2D eigenvalue weighted by Gasteiger charge is 2.56. The van der Waals surface area contributed by atoms with Gasteiger partial charge in [0.15, 0.2) is 15.9 Å². The highest BCUT2D eigenvalue weighted by atomic mass is 32.2. The van der Waals surface area contributed by atoms with Crippen LogP contribution in [-0.4, -0.2) is 93.7 Å². The topological polar surface area (TPSA) is 163 Å². The zero-order valence-electron chi connectivity index (χ0n) is 37.2. The molecular weight excluding hydrogens is 921 g/mol. The minimum atomic E-state index is -5.28. The van der Waals surface area contributed by atoms with Crippen LogP contribution in [-0.2, 0) is 44.1 Å². The smallest absolute Gasteiger partial charge is 0.340 e. The Morgan fingerprint density at radius 2 is 1.49 bits per heavy atom. The van der Waals surface area contributed by atoms with Gasteiger partial charge in [0.1, 0.15) is 12.1 Å². The molecule has 3 amide bonds. The van der Waals surface area contributed by atoms with Gasteiger partial charge in [-0.2, -0.15) is 14.0 Å². The standard InChI is InChI=1S/C46H54F3N4O8PS3/c1-43(2,3)41(57)63-17-15-60-62(59,61-16-18-64-42(58)44(4,5)6)46(48,49)32-11-14-36-30(20-32)23-37(65-36)38(54)51-34-22-29-19-28(29)21-33-12-13-35(53(33)39(34)55)40(56)52-25-45(47,26-52)31-9-7-27(24-50)8-10-31/h7-11,14,20,23,28-29,33-35H,12-13,15-19,21-22,25-26H2,1-6H3,(H,51,54)/t28-,29+,33-,34+,35+/m1/s1. The molecule has 1 saturated carbocycles. The Kier molecular flexibility index (Phi) is 14.2. The van der Waals surface area contributed by atoms with E-state index in [1.807, 2.05) is 6.07 Å². The van der Waals surface area contributed by atoms with Crippen molar-refractivity contribution in [1.82, 2.24) is 15.1 Å². The maximum Gasteiger partial charge on any atom is 0.404 e. The summed E-state index contributed by atoms with van der Waals surface area (Å²) in [7, 11) is -5.28. The molecule has 4 heterocycles. The first-order valence-corrected chi connectivity index (χ1v) is 26.0. The Morgan fingerprint density at radius 3 is 2.08 bits per heavy atom. The number of rotatable bonds is 14. The number of nitrogens with one attached hydrogen (secondary N) is 1. The predicted molar refractivity (Wildman–Crippen MR) is 245 cm³/mol. The van der Waals surface area contributed by atoms with Crippen molar-refractivity contribution >= 4 is 80.5 Å². The lowest BCUT2D eigenvalue weighted by Gasteiger charge is -2.47. The second kappa shape index (κ2) is 18.8. The van der Waals surface area contributed by atoms with E-state index in [0.29, 0.717) is 41.0 Å². The number of carbonyl (C=O) groups excluding carboxylic acids is 5. The Morgan fingerprint density at radius 1 is 0.892 bits per heavy atom. The third-order valence-corrected chi connectivity index (χ3v) is 18.0. The fraction of sp³-hybridized carbons (Fsp3) is 0.565. The summed E-state index contributed by atoms with van der Waals surface area (Å²) >= 11 is 2.77. The summed E-state index contributed by atoms with van der Waals surface area (Å²) in [5.74, 6) is -0.878. The minimum absolute atomic E-state index is 0.0572. The molecule has 4 fully saturated rings. The van der Waals surface area contributed by atoms with Crippen molar-refractivity contribution in [3.05, 3.63) is 70.1 Å². The van der Waals surface area contributed by atoms with Gasteiger partial charge in [-0.25, -0.2) is 4.39 Å². The molecule has 1 aliphatic carbocycles. The van der Waals surface area contributed by atoms with Gasteiger partial charge in [-0.05, 0) is 85.2 Å². The van der Waals surface area contributed by atoms with Crippen molar-refractivity contribution in [2.75, 3.05) is 37.8 Å². The third kappa shape index (κ3) is 10.6. The molecule has 350 valence electrons. The average Bonchev–Trinajstić information content (AvgIpc) is 3.59. The van der Waals surface area contributed by atoms with Gasteiger partial charge < -0.3 is 24.2 Å². The lowest BCUT2D eigenvalue weighted by molar-refractivity contribution is -0.156. The minimum Gasteiger partial charge on any atom is -0.340 e. The normalized spacial score (nSPS) is 23.1. The van der Waals surface area contributed by atoms with Crippen LogP contribution in [0.4, 0.5) is 13.2 Å². The molecule has 3 aliphatic heterocycles. The van der Waals surface area contributed by atoms with Crippen LogP contribution in [0.15, 0.2) is 48.5 Å². The number of carbonyl (C=O) groups is 5. The van der Waals surface area contributed by atoms with Crippen LogP contribution in [0.2, 0.25) is 0 Å². The van der Waals surface area contributed by atoms with Crippen LogP contribution in [0.3, 0.4) is 0 Å². The van der Waals surface area contributed by atoms with Crippen LogP contribution in [0, 0.1) is 34.0 Å². The number of nitrogens with zero attached hydrogens (tertiary/aromatic N) is 3. The summed E-state index contributed by atoms with van der Waals surface area (Å²) < 4.78 is 74.1. The van der Waals surface area contributed by atoms with Crippen molar-refractivity contribution in [1.29, 1.82) is 5.26 Å². The van der Waals surface area contributed by atoms with E-state index in [2.05, 4.69) is 5.32 Å². The number of benzene rings is 2. The first kappa shape index (κ1) is 49.2. The number of thiophene rings is 1. The largest absolute Gasteiger partial charge is 0.404 e. The quantitative estimate of drug-likeness (QED) is 0.121. The van der Waals surface area contributed by atoms with E-state index >= 15 is 13.2 Å². The van der Waals surface area contributed by atoms with E-state index in [4.69, 9.17) is 14.3 Å². The van der Waals surface area contributed by atoms with Crippen molar-refractivity contribution < 1.29 is 50.8 Å². The summed E-state index contributed by atoms with van der Waals surface area (Å²) in [5.41, 5.74) is -7.26. The van der Waals surface area contributed by atoms with Crippen LogP contribution < -0.4 is 5.32 Å². The maximum atomic E-state index is 16.5. The SMILES string of the molecule is CC(C)(C)C(=O)SCCOP(=O)(OCCSC(=O)C(C)(C)C)C(F)(F)c1ccc2sc(C(=O)N[C@H]3C[C@@H]4C[C@@H]4C[C@H]4CC[C@@H](C(=O)N5CC(F)(c6ccc(C#N)cc6)C5)N4C3=O)cc2c1. The molecule has 65 heavy (non-hydrogen) atoms. The first-order chi connectivity index (χ1) is 30.4. The molecule has 5 atom stereocenters. The number of halogens is 3. The molecule has 0 spiro atoms. The number of likely N-dealkylation sites (tertiary alicyclic amines) is 1. The van der Waals surface area contributed by atoms with E-state index in [9.17, 15) is 28.5 Å². The molecular formula is C46H54F3N4O8PS3. The molecule has 4 aliphatic rings. The van der Waals surface area contributed by atoms with Gasteiger partial charge in [-0.3, -0.25) is 28.5 Å². The summed E-state index contributed by atoms with van der Waals surface area (Å²) in [6.07, 6.45) is 3.03. The second-order valence-corrected chi connectivity index (χ2v) is 24.7. The van der Waals surface area contributed by atoms with Crippen molar-refractivity contribution in [2.24, 2.45) is 22.7 Å². The molecule has 12 nitrogen and oxygen atoms in total. The van der Waals surface area contributed by atoms with E-state index in [-0.39, 0.29) is 68.9 Å². The number of fused-ring (bicyclic) bond motifs is 3. The average molecular weight is 975 g/mol. The number of thioether (sulfide) groups is 2. The van der Waals surface area contributed by atoms with Gasteiger partial charge in [0, 0.05) is 38.6 Å². The zero-order valence-corrected chi connectivity index (χ0v) is 40.5. The monoisotopic (exact) mass is 974 g/mol. The number of alkyl halides is 3. The van der Waals surface area contributed by atoms with Gasteiger partial charge >= 0.3 is 13.3 Å². The molecule has 19 heteroatoms. The fourth-order valence-corrected chi connectivity index (χ4v) is 12.8. The van der Waals surface area contributed by atoms with Gasteiger partial charge in [0.05, 0.1) is 42.8 Å². The molecule has 3 aromatic rings. The number of nitriles is 1. The lowest BCUT2D eigenvalue weighted by Crippen LogP contribution is -2.64. The number of amides is 3.